The third-order valence-electron chi connectivity index (χ3n) is 5.06. The maximum atomic E-state index is 13.0. The van der Waals surface area contributed by atoms with Gasteiger partial charge in [0.05, 0.1) is 13.2 Å². The molecule has 3 aromatic carbocycles. The smallest absolute Gasteiger partial charge is 0.253 e. The molecule has 6 nitrogen and oxygen atoms in total. The van der Waals surface area contributed by atoms with Crippen LogP contribution < -0.4 is 20.1 Å². The van der Waals surface area contributed by atoms with E-state index in [-0.39, 0.29) is 17.9 Å². The molecule has 0 aliphatic heterocycles. The summed E-state index contributed by atoms with van der Waals surface area (Å²) < 4.78 is 11.3. The topological polar surface area (TPSA) is 76.7 Å². The van der Waals surface area contributed by atoms with Gasteiger partial charge in [-0.15, -0.1) is 0 Å². The Morgan fingerprint density at radius 3 is 1.64 bits per heavy atom. The van der Waals surface area contributed by atoms with Crippen LogP contribution in [0.5, 0.6) is 11.5 Å². The zero-order valence-electron chi connectivity index (χ0n) is 19.6. The summed E-state index contributed by atoms with van der Waals surface area (Å²) in [5, 5.41) is 5.85. The summed E-state index contributed by atoms with van der Waals surface area (Å²) in [5.74, 6) is 0.501. The molecular weight excluding hydrogens is 416 g/mol. The molecule has 2 N–H and O–H groups in total. The van der Waals surface area contributed by atoms with Gasteiger partial charge in [-0.05, 0) is 69.7 Å². The van der Waals surface area contributed by atoms with Gasteiger partial charge in [-0.25, -0.2) is 0 Å². The van der Waals surface area contributed by atoms with Crippen molar-refractivity contribution in [2.24, 2.45) is 0 Å². The van der Waals surface area contributed by atoms with Crippen LogP contribution in [0.3, 0.4) is 0 Å². The highest BCUT2D eigenvalue weighted by atomic mass is 16.5. The Morgan fingerprint density at radius 2 is 1.21 bits per heavy atom. The molecule has 0 aromatic heterocycles. The minimum absolute atomic E-state index is 0.0250. The molecule has 0 bridgehead atoms. The van der Waals surface area contributed by atoms with Crippen LogP contribution in [0.25, 0.3) is 0 Å². The highest BCUT2D eigenvalue weighted by molar-refractivity contribution is 5.96. The number of hydrogen-bond acceptors (Lipinski definition) is 4. The van der Waals surface area contributed by atoms with Crippen LogP contribution in [0.4, 0.5) is 0 Å². The van der Waals surface area contributed by atoms with Crippen molar-refractivity contribution in [1.29, 1.82) is 0 Å². The number of amides is 2. The molecule has 0 saturated heterocycles. The first kappa shape index (κ1) is 23.9. The summed E-state index contributed by atoms with van der Waals surface area (Å²) in [4.78, 5) is 25.9. The van der Waals surface area contributed by atoms with E-state index in [1.54, 1.807) is 49.6 Å². The minimum atomic E-state index is -0.783. The van der Waals surface area contributed by atoms with Crippen LogP contribution in [0.15, 0.2) is 66.7 Å². The maximum absolute atomic E-state index is 13.0. The summed E-state index contributed by atoms with van der Waals surface area (Å²) in [7, 11) is 1.55. The van der Waals surface area contributed by atoms with E-state index in [0.29, 0.717) is 28.2 Å². The summed E-state index contributed by atoms with van der Waals surface area (Å²) in [6.45, 7) is 7.78. The fourth-order valence-corrected chi connectivity index (χ4v) is 3.26. The Bertz CT molecular complexity index is 1050. The molecular formula is C27H30N2O4. The van der Waals surface area contributed by atoms with Crippen LogP contribution in [0, 0.1) is 13.8 Å². The quantitative estimate of drug-likeness (QED) is 0.480. The van der Waals surface area contributed by atoms with Crippen molar-refractivity contribution in [1.82, 2.24) is 10.6 Å². The largest absolute Gasteiger partial charge is 0.493 e. The summed E-state index contributed by atoms with van der Waals surface area (Å²) in [6.07, 6.45) is -0.808. The number of benzene rings is 3. The molecule has 0 saturated carbocycles. The number of carbonyl (C=O) groups is 2. The van der Waals surface area contributed by atoms with Crippen molar-refractivity contribution in [2.45, 2.75) is 40.0 Å². The standard InChI is InChI=1S/C27H30N2O4/c1-17(2)33-23-15-14-22(16-24(23)32-5)25(28-26(30)20-10-6-18(3)7-11-20)29-27(31)21-12-8-19(4)9-13-21/h6-17,25H,1-5H3,(H,28,30)(H,29,31). The van der Waals surface area contributed by atoms with Gasteiger partial charge in [-0.3, -0.25) is 9.59 Å². The van der Waals surface area contributed by atoms with Crippen molar-refractivity contribution in [3.05, 3.63) is 94.5 Å². The van der Waals surface area contributed by atoms with Crippen LogP contribution in [0.1, 0.15) is 57.4 Å². The lowest BCUT2D eigenvalue weighted by atomic mass is 10.1. The van der Waals surface area contributed by atoms with Crippen molar-refractivity contribution in [3.63, 3.8) is 0 Å². The Balaban J connectivity index is 1.91. The Hall–Kier alpha value is -3.80. The first-order valence-corrected chi connectivity index (χ1v) is 10.9. The van der Waals surface area contributed by atoms with Gasteiger partial charge in [0.1, 0.15) is 6.17 Å². The normalized spacial score (nSPS) is 10.8. The Morgan fingerprint density at radius 1 is 0.727 bits per heavy atom. The average Bonchev–Trinajstić information content (AvgIpc) is 2.79. The lowest BCUT2D eigenvalue weighted by Crippen LogP contribution is -2.41. The van der Waals surface area contributed by atoms with E-state index in [0.717, 1.165) is 11.1 Å². The molecule has 6 heteroatoms. The number of methoxy groups -OCH3 is 1. The maximum Gasteiger partial charge on any atom is 0.253 e. The lowest BCUT2D eigenvalue weighted by Gasteiger charge is -2.23. The predicted octanol–water partition coefficient (Wildman–Crippen LogP) is 4.96. The second-order valence-electron chi connectivity index (χ2n) is 8.19. The van der Waals surface area contributed by atoms with Crippen LogP contribution in [-0.2, 0) is 0 Å². The van der Waals surface area contributed by atoms with E-state index >= 15 is 0 Å². The zero-order chi connectivity index (χ0) is 24.0. The molecule has 0 unspecified atom stereocenters. The van der Waals surface area contributed by atoms with Gasteiger partial charge in [0, 0.05) is 11.1 Å². The van der Waals surface area contributed by atoms with Gasteiger partial charge < -0.3 is 20.1 Å². The molecule has 0 atom stereocenters. The molecule has 0 heterocycles. The molecule has 0 fully saturated rings. The van der Waals surface area contributed by atoms with E-state index in [1.165, 1.54) is 0 Å². The van der Waals surface area contributed by atoms with Crippen molar-refractivity contribution < 1.29 is 19.1 Å². The third-order valence-corrected chi connectivity index (χ3v) is 5.06. The van der Waals surface area contributed by atoms with E-state index < -0.39 is 6.17 Å². The number of aryl methyl sites for hydroxylation is 2. The zero-order valence-corrected chi connectivity index (χ0v) is 19.6. The molecule has 0 aliphatic carbocycles. The van der Waals surface area contributed by atoms with Gasteiger partial charge in [0.2, 0.25) is 0 Å². The van der Waals surface area contributed by atoms with Crippen molar-refractivity contribution >= 4 is 11.8 Å². The number of ether oxygens (including phenoxy) is 2. The molecule has 0 spiro atoms. The monoisotopic (exact) mass is 446 g/mol. The molecule has 0 aliphatic rings. The molecule has 3 aromatic rings. The van der Waals surface area contributed by atoms with Gasteiger partial charge >= 0.3 is 0 Å². The van der Waals surface area contributed by atoms with Gasteiger partial charge in [-0.1, -0.05) is 41.5 Å². The fourth-order valence-electron chi connectivity index (χ4n) is 3.26. The fraction of sp³-hybridized carbons (Fsp3) is 0.259. The second kappa shape index (κ2) is 10.7. The average molecular weight is 447 g/mol. The summed E-state index contributed by atoms with van der Waals surface area (Å²) in [6, 6.07) is 19.8. The van der Waals surface area contributed by atoms with E-state index in [1.807, 2.05) is 52.0 Å². The second-order valence-corrected chi connectivity index (χ2v) is 8.19. The van der Waals surface area contributed by atoms with E-state index in [9.17, 15) is 9.59 Å². The van der Waals surface area contributed by atoms with Crippen LogP contribution in [0.2, 0.25) is 0 Å². The molecule has 3 rings (SSSR count). The molecule has 2 amide bonds. The Kier molecular flexibility index (Phi) is 7.72. The van der Waals surface area contributed by atoms with Gasteiger partial charge in [-0.2, -0.15) is 0 Å². The van der Waals surface area contributed by atoms with Gasteiger partial charge in [0.15, 0.2) is 11.5 Å². The van der Waals surface area contributed by atoms with Crippen LogP contribution in [-0.4, -0.2) is 25.0 Å². The molecule has 0 radical (unpaired) electrons. The molecule has 33 heavy (non-hydrogen) atoms. The third kappa shape index (κ3) is 6.35. The first-order chi connectivity index (χ1) is 15.8. The number of rotatable bonds is 8. The predicted molar refractivity (Wildman–Crippen MR) is 129 cm³/mol. The summed E-state index contributed by atoms with van der Waals surface area (Å²) >= 11 is 0. The first-order valence-electron chi connectivity index (χ1n) is 10.9. The van der Waals surface area contributed by atoms with Gasteiger partial charge in [0.25, 0.3) is 11.8 Å². The van der Waals surface area contributed by atoms with E-state index in [4.69, 9.17) is 9.47 Å². The molecule has 172 valence electrons. The highest BCUT2D eigenvalue weighted by Gasteiger charge is 2.21. The number of nitrogens with one attached hydrogen (secondary N) is 2. The van der Waals surface area contributed by atoms with E-state index in [2.05, 4.69) is 10.6 Å². The number of hydrogen-bond donors (Lipinski definition) is 2. The minimum Gasteiger partial charge on any atom is -0.493 e. The van der Waals surface area contributed by atoms with Crippen LogP contribution >= 0.6 is 0 Å². The Labute approximate surface area is 194 Å². The number of carbonyl (C=O) groups excluding carboxylic acids is 2. The van der Waals surface area contributed by atoms with Crippen molar-refractivity contribution in [3.8, 4) is 11.5 Å². The summed E-state index contributed by atoms with van der Waals surface area (Å²) in [5.41, 5.74) is 3.77. The highest BCUT2D eigenvalue weighted by Crippen LogP contribution is 2.31. The lowest BCUT2D eigenvalue weighted by molar-refractivity contribution is 0.0883. The SMILES string of the molecule is COc1cc(C(NC(=O)c2ccc(C)cc2)NC(=O)c2ccc(C)cc2)ccc1OC(C)C. The van der Waals surface area contributed by atoms with Crippen molar-refractivity contribution in [2.75, 3.05) is 7.11 Å².